The average Bonchev–Trinajstić information content (AvgIpc) is 3.55. The number of ether oxygens (including phenoxy) is 2. The smallest absolute Gasteiger partial charge is 0.340 e. The largest absolute Gasteiger partial charge is 0.427 e. The van der Waals surface area contributed by atoms with Crippen molar-refractivity contribution < 1.29 is 19.1 Å². The van der Waals surface area contributed by atoms with Crippen LogP contribution < -0.4 is 10.6 Å². The molecule has 4 heterocycles. The topological polar surface area (TPSA) is 76.7 Å². The molecule has 5 aliphatic carbocycles. The van der Waals surface area contributed by atoms with E-state index in [-0.39, 0.29) is 23.8 Å². The molecule has 8 heteroatoms. The number of rotatable bonds is 3. The van der Waals surface area contributed by atoms with Gasteiger partial charge in [-0.2, -0.15) is 0 Å². The summed E-state index contributed by atoms with van der Waals surface area (Å²) in [7, 11) is 3.88. The second kappa shape index (κ2) is 12.4. The Labute approximate surface area is 275 Å². The van der Waals surface area contributed by atoms with Gasteiger partial charge in [0.15, 0.2) is 0 Å². The Bertz CT molecular complexity index is 1460. The van der Waals surface area contributed by atoms with E-state index < -0.39 is 5.41 Å². The Morgan fingerprint density at radius 1 is 1.00 bits per heavy atom. The number of esters is 2. The van der Waals surface area contributed by atoms with E-state index in [9.17, 15) is 9.59 Å². The minimum absolute atomic E-state index is 0.0526. The van der Waals surface area contributed by atoms with Gasteiger partial charge >= 0.3 is 11.9 Å². The van der Waals surface area contributed by atoms with Crippen molar-refractivity contribution in [2.75, 3.05) is 18.2 Å². The number of hydrogen-bond donors (Lipinski definition) is 2. The predicted octanol–water partition coefficient (Wildman–Crippen LogP) is 7.99. The summed E-state index contributed by atoms with van der Waals surface area (Å²) in [5.74, 6) is 6.11. The van der Waals surface area contributed by atoms with E-state index in [2.05, 4.69) is 41.9 Å². The zero-order valence-corrected chi connectivity index (χ0v) is 28.1. The van der Waals surface area contributed by atoms with Crippen LogP contribution in [0.2, 0.25) is 0 Å². The molecule has 240 valence electrons. The van der Waals surface area contributed by atoms with Crippen LogP contribution in [0.5, 0.6) is 0 Å². The fraction of sp³-hybridized carbons (Fsp3) is 0.622. The maximum atomic E-state index is 14.2. The monoisotopic (exact) mass is 646 g/mol. The van der Waals surface area contributed by atoms with Gasteiger partial charge in [0, 0.05) is 29.4 Å². The number of carbonyl (C=O) groups excluding carboxylic acids is 2. The highest BCUT2D eigenvalue weighted by Gasteiger charge is 2.68. The Kier molecular flexibility index (Phi) is 8.26. The summed E-state index contributed by atoms with van der Waals surface area (Å²) in [5.41, 5.74) is 4.81. The third-order valence-corrected chi connectivity index (χ3v) is 14.3. The van der Waals surface area contributed by atoms with Crippen molar-refractivity contribution in [2.24, 2.45) is 35.0 Å². The van der Waals surface area contributed by atoms with Crippen LogP contribution in [0.15, 0.2) is 69.5 Å². The number of hydrogen-bond acceptors (Lipinski definition) is 8. The summed E-state index contributed by atoms with van der Waals surface area (Å²) in [6, 6.07) is 0. The summed E-state index contributed by atoms with van der Waals surface area (Å²) in [5, 5.41) is 7.13. The molecule has 6 nitrogen and oxygen atoms in total. The molecule has 7 bridgehead atoms. The second-order valence-corrected chi connectivity index (χ2v) is 16.8. The fourth-order valence-electron chi connectivity index (χ4n) is 10.1. The summed E-state index contributed by atoms with van der Waals surface area (Å²) in [4.78, 5) is 28.0. The molecule has 0 aromatic rings. The highest BCUT2D eigenvalue weighted by molar-refractivity contribution is 8.76. The first-order valence-corrected chi connectivity index (χ1v) is 20.0. The maximum Gasteiger partial charge on any atom is 0.340 e. The van der Waals surface area contributed by atoms with E-state index in [0.29, 0.717) is 17.8 Å². The van der Waals surface area contributed by atoms with Gasteiger partial charge in [-0.05, 0) is 92.4 Å². The summed E-state index contributed by atoms with van der Waals surface area (Å²) >= 11 is 0. The third-order valence-electron chi connectivity index (χ3n) is 12.1. The van der Waals surface area contributed by atoms with Crippen LogP contribution in [0.25, 0.3) is 0 Å². The summed E-state index contributed by atoms with van der Waals surface area (Å²) in [6.45, 7) is 2.94. The van der Waals surface area contributed by atoms with Gasteiger partial charge in [-0.3, -0.25) is 0 Å². The number of dihydropyridines is 1. The number of cyclic esters (lactones) is 1. The zero-order chi connectivity index (χ0) is 30.5. The summed E-state index contributed by atoms with van der Waals surface area (Å²) < 4.78 is 12.5. The minimum Gasteiger partial charge on any atom is -0.427 e. The third kappa shape index (κ3) is 5.08. The van der Waals surface area contributed by atoms with E-state index in [1.54, 1.807) is 0 Å². The molecule has 4 aliphatic heterocycles. The first-order valence-electron chi connectivity index (χ1n) is 17.5. The minimum atomic E-state index is -0.569. The normalized spacial score (nSPS) is 37.1. The SMILES string of the molecule is CCC/C=C1\OC(=O)C2=C1CC[C@H]1[C@@H]3CC[C@@]4(C5=C3CC3=CCNC(=C3)NCSSC[C@@H](C3CCCCC3)C/C=C/4OC5=O)[C@@H]21. The van der Waals surface area contributed by atoms with Gasteiger partial charge in [0.05, 0.1) is 22.7 Å². The number of unbranched alkanes of at least 4 members (excludes halogenated alkanes) is 1. The number of allylic oxidation sites excluding steroid dienone is 7. The van der Waals surface area contributed by atoms with Crippen molar-refractivity contribution >= 4 is 33.5 Å². The lowest BCUT2D eigenvalue weighted by atomic mass is 9.44. The van der Waals surface area contributed by atoms with E-state index in [0.717, 1.165) is 104 Å². The van der Waals surface area contributed by atoms with Gasteiger partial charge in [0.2, 0.25) is 0 Å². The quantitative estimate of drug-likeness (QED) is 0.236. The molecule has 9 aliphatic rings. The number of fused-ring (bicyclic) bond motifs is 2. The lowest BCUT2D eigenvalue weighted by molar-refractivity contribution is -0.135. The molecule has 0 radical (unpaired) electrons. The first-order chi connectivity index (χ1) is 22.1. The maximum absolute atomic E-state index is 14.2. The van der Waals surface area contributed by atoms with Gasteiger partial charge in [-0.1, -0.05) is 78.7 Å². The van der Waals surface area contributed by atoms with Crippen LogP contribution in [-0.4, -0.2) is 30.1 Å². The number of nitrogens with one attached hydrogen (secondary N) is 2. The fourth-order valence-corrected chi connectivity index (χ4v) is 12.4. The molecule has 0 unspecified atom stereocenters. The van der Waals surface area contributed by atoms with Gasteiger partial charge in [0.1, 0.15) is 11.5 Å². The average molecular weight is 647 g/mol. The van der Waals surface area contributed by atoms with E-state index >= 15 is 0 Å². The Hall–Kier alpha value is -2.32. The van der Waals surface area contributed by atoms with Crippen LogP contribution in [0.1, 0.15) is 90.4 Å². The Balaban J connectivity index is 1.27. The van der Waals surface area contributed by atoms with Crippen molar-refractivity contribution in [1.29, 1.82) is 0 Å². The van der Waals surface area contributed by atoms with Gasteiger partial charge in [-0.15, -0.1) is 0 Å². The molecule has 9 rings (SSSR count). The molecule has 0 amide bonds. The molecule has 2 saturated carbocycles. The molecule has 0 aromatic heterocycles. The van der Waals surface area contributed by atoms with E-state index in [1.165, 1.54) is 43.3 Å². The van der Waals surface area contributed by atoms with Crippen LogP contribution in [0.3, 0.4) is 0 Å². The van der Waals surface area contributed by atoms with Crippen molar-refractivity contribution in [3.8, 4) is 0 Å². The van der Waals surface area contributed by atoms with Crippen LogP contribution in [0, 0.1) is 35.0 Å². The van der Waals surface area contributed by atoms with Gasteiger partial charge in [0.25, 0.3) is 0 Å². The zero-order valence-electron chi connectivity index (χ0n) is 26.5. The predicted molar refractivity (Wildman–Crippen MR) is 180 cm³/mol. The highest BCUT2D eigenvalue weighted by Crippen LogP contribution is 2.71. The van der Waals surface area contributed by atoms with Crippen molar-refractivity contribution in [2.45, 2.75) is 90.4 Å². The Morgan fingerprint density at radius 2 is 1.89 bits per heavy atom. The van der Waals surface area contributed by atoms with Gasteiger partial charge < -0.3 is 20.1 Å². The molecule has 0 aromatic carbocycles. The van der Waals surface area contributed by atoms with E-state index in [1.807, 2.05) is 21.6 Å². The van der Waals surface area contributed by atoms with Crippen LogP contribution in [-0.2, 0) is 19.1 Å². The second-order valence-electron chi connectivity index (χ2n) is 14.3. The molecular formula is C37H46N2O4S2. The van der Waals surface area contributed by atoms with Crippen LogP contribution >= 0.6 is 21.6 Å². The standard InChI is InChI=1S/C37H46N2O4S2/c1-2-3-9-29-27-12-11-26-25-14-16-37(33(26)32(27)35(40)42-29)30-13-10-24(23-7-5-4-6-8-23)20-44-45-21-39-31-19-22(15-17-38-31)18-28(25)34(37)36(41)43-30/h9,13,15,19,23-26,33,38-39H,2-8,10-12,14,16-18,20-21H2,1H3/b29-9-,30-13-/t24-,25-,26-,33+,37-/m0/s1. The molecular weight excluding hydrogens is 601 g/mol. The van der Waals surface area contributed by atoms with E-state index in [4.69, 9.17) is 9.47 Å². The molecule has 3 fully saturated rings. The first kappa shape index (κ1) is 30.0. The number of carbonyl (C=O) groups is 2. The molecule has 1 saturated heterocycles. The van der Waals surface area contributed by atoms with Crippen molar-refractivity contribution in [1.82, 2.24) is 10.6 Å². The van der Waals surface area contributed by atoms with Gasteiger partial charge in [-0.25, -0.2) is 9.59 Å². The highest BCUT2D eigenvalue weighted by atomic mass is 33.1. The molecule has 1 spiro atoms. The molecule has 2 N–H and O–H groups in total. The van der Waals surface area contributed by atoms with Crippen LogP contribution in [0.4, 0.5) is 0 Å². The Morgan fingerprint density at radius 3 is 2.76 bits per heavy atom. The summed E-state index contributed by atoms with van der Waals surface area (Å²) in [6.07, 6.45) is 22.9. The lowest BCUT2D eigenvalue weighted by Crippen LogP contribution is -2.52. The van der Waals surface area contributed by atoms with Crippen molar-refractivity contribution in [3.63, 3.8) is 0 Å². The molecule has 5 atom stereocenters. The molecule has 45 heavy (non-hydrogen) atoms. The van der Waals surface area contributed by atoms with Crippen molar-refractivity contribution in [3.05, 3.63) is 69.5 Å². The lowest BCUT2D eigenvalue weighted by Gasteiger charge is -2.56.